The van der Waals surface area contributed by atoms with Crippen LogP contribution in [0.25, 0.3) is 0 Å². The summed E-state index contributed by atoms with van der Waals surface area (Å²) in [6.45, 7) is 6.01. The van der Waals surface area contributed by atoms with Gasteiger partial charge in [0.15, 0.2) is 0 Å². The minimum absolute atomic E-state index is 0.0237. The molecule has 1 heterocycles. The van der Waals surface area contributed by atoms with E-state index >= 15 is 0 Å². The first kappa shape index (κ1) is 12.6. The van der Waals surface area contributed by atoms with Gasteiger partial charge >= 0.3 is 0 Å². The van der Waals surface area contributed by atoms with E-state index in [0.717, 1.165) is 17.0 Å². The van der Waals surface area contributed by atoms with Crippen molar-refractivity contribution in [2.24, 2.45) is 7.05 Å². The summed E-state index contributed by atoms with van der Waals surface area (Å²) in [6, 6.07) is 6.73. The molecule has 1 N–H and O–H groups in total. The van der Waals surface area contributed by atoms with Gasteiger partial charge in [0, 0.05) is 18.3 Å². The predicted molar refractivity (Wildman–Crippen MR) is 71.1 cm³/mol. The van der Waals surface area contributed by atoms with Crippen LogP contribution in [-0.2, 0) is 7.05 Å². The van der Waals surface area contributed by atoms with Gasteiger partial charge in [-0.25, -0.2) is 4.39 Å². The number of aryl methyl sites for hydroxylation is 2. The van der Waals surface area contributed by atoms with Crippen molar-refractivity contribution in [2.45, 2.75) is 26.8 Å². The van der Waals surface area contributed by atoms with E-state index in [1.54, 1.807) is 12.1 Å². The fraction of sp³-hybridized carbons (Fsp3) is 0.357. The molecule has 3 nitrogen and oxygen atoms in total. The number of nitrogens with zero attached hydrogens (tertiary/aromatic N) is 2. The van der Waals surface area contributed by atoms with Crippen LogP contribution in [-0.4, -0.2) is 9.78 Å². The molecule has 1 unspecified atom stereocenters. The third kappa shape index (κ3) is 2.23. The van der Waals surface area contributed by atoms with Gasteiger partial charge in [-0.05, 0) is 32.9 Å². The summed E-state index contributed by atoms with van der Waals surface area (Å²) in [4.78, 5) is 0. The molecule has 4 heteroatoms. The lowest BCUT2D eigenvalue weighted by Crippen LogP contribution is -2.10. The van der Waals surface area contributed by atoms with Gasteiger partial charge in [-0.15, -0.1) is 0 Å². The number of benzene rings is 1. The maximum absolute atomic E-state index is 13.6. The van der Waals surface area contributed by atoms with Gasteiger partial charge in [0.2, 0.25) is 0 Å². The van der Waals surface area contributed by atoms with Crippen LogP contribution < -0.4 is 5.32 Å². The molecule has 0 amide bonds. The molecule has 0 spiro atoms. The van der Waals surface area contributed by atoms with Crippen molar-refractivity contribution >= 4 is 5.69 Å². The number of hydrogen-bond donors (Lipinski definition) is 1. The smallest absolute Gasteiger partial charge is 0.146 e. The molecule has 0 aliphatic heterocycles. The molecule has 0 radical (unpaired) electrons. The zero-order valence-electron chi connectivity index (χ0n) is 11.2. The quantitative estimate of drug-likeness (QED) is 0.901. The first-order valence-electron chi connectivity index (χ1n) is 6.02. The largest absolute Gasteiger partial charge is 0.376 e. The summed E-state index contributed by atoms with van der Waals surface area (Å²) >= 11 is 0. The summed E-state index contributed by atoms with van der Waals surface area (Å²) in [5.74, 6) is -0.233. The van der Waals surface area contributed by atoms with Crippen molar-refractivity contribution in [3.05, 3.63) is 47.0 Å². The number of hydrogen-bond acceptors (Lipinski definition) is 2. The second-order valence-corrected chi connectivity index (χ2v) is 4.55. The van der Waals surface area contributed by atoms with E-state index in [1.807, 2.05) is 38.6 Å². The lowest BCUT2D eigenvalue weighted by molar-refractivity contribution is 0.627. The van der Waals surface area contributed by atoms with Crippen molar-refractivity contribution in [1.82, 2.24) is 9.78 Å². The minimum Gasteiger partial charge on any atom is -0.376 e. The van der Waals surface area contributed by atoms with Crippen molar-refractivity contribution < 1.29 is 4.39 Å². The molecule has 1 aromatic heterocycles. The summed E-state index contributed by atoms with van der Waals surface area (Å²) < 4.78 is 15.4. The van der Waals surface area contributed by atoms with Gasteiger partial charge in [-0.2, -0.15) is 5.10 Å². The molecular weight excluding hydrogens is 229 g/mol. The van der Waals surface area contributed by atoms with E-state index in [0.29, 0.717) is 5.69 Å². The Hall–Kier alpha value is -1.84. The first-order chi connectivity index (χ1) is 8.50. The maximum Gasteiger partial charge on any atom is 0.146 e. The standard InChI is InChI=1S/C14H18FN3/c1-9(14-10(2)17-18(4)11(14)3)16-13-8-6-5-7-12(13)15/h5-9,16H,1-4H3. The van der Waals surface area contributed by atoms with E-state index in [9.17, 15) is 4.39 Å². The van der Waals surface area contributed by atoms with Crippen molar-refractivity contribution in [3.8, 4) is 0 Å². The van der Waals surface area contributed by atoms with Gasteiger partial charge in [-0.1, -0.05) is 12.1 Å². The highest BCUT2D eigenvalue weighted by molar-refractivity contribution is 5.47. The highest BCUT2D eigenvalue weighted by Gasteiger charge is 2.16. The zero-order chi connectivity index (χ0) is 13.3. The molecule has 0 saturated carbocycles. The highest BCUT2D eigenvalue weighted by atomic mass is 19.1. The summed E-state index contributed by atoms with van der Waals surface area (Å²) in [5, 5.41) is 7.57. The number of halogens is 1. The topological polar surface area (TPSA) is 29.9 Å². The second kappa shape index (κ2) is 4.80. The van der Waals surface area contributed by atoms with Gasteiger partial charge in [-0.3, -0.25) is 4.68 Å². The average molecular weight is 247 g/mol. The Morgan fingerprint density at radius 3 is 2.50 bits per heavy atom. The molecule has 18 heavy (non-hydrogen) atoms. The predicted octanol–water partition coefficient (Wildman–Crippen LogP) is 3.35. The Kier molecular flexibility index (Phi) is 3.36. The third-order valence-electron chi connectivity index (χ3n) is 3.24. The van der Waals surface area contributed by atoms with Crippen molar-refractivity contribution in [1.29, 1.82) is 0 Å². The maximum atomic E-state index is 13.6. The third-order valence-corrected chi connectivity index (χ3v) is 3.24. The fourth-order valence-corrected chi connectivity index (χ4v) is 2.30. The minimum atomic E-state index is -0.233. The Bertz CT molecular complexity index is 560. The second-order valence-electron chi connectivity index (χ2n) is 4.55. The molecule has 0 fully saturated rings. The normalized spacial score (nSPS) is 12.5. The molecule has 1 aromatic carbocycles. The van der Waals surface area contributed by atoms with Crippen LogP contribution in [0, 0.1) is 19.7 Å². The van der Waals surface area contributed by atoms with Crippen LogP contribution >= 0.6 is 0 Å². The van der Waals surface area contributed by atoms with Crippen LogP contribution in [0.2, 0.25) is 0 Å². The van der Waals surface area contributed by atoms with Crippen molar-refractivity contribution in [3.63, 3.8) is 0 Å². The van der Waals surface area contributed by atoms with Gasteiger partial charge in [0.25, 0.3) is 0 Å². The lowest BCUT2D eigenvalue weighted by Gasteiger charge is -2.16. The molecule has 0 bridgehead atoms. The monoisotopic (exact) mass is 247 g/mol. The van der Waals surface area contributed by atoms with Gasteiger partial charge < -0.3 is 5.32 Å². The fourth-order valence-electron chi connectivity index (χ4n) is 2.30. The Balaban J connectivity index is 2.28. The summed E-state index contributed by atoms with van der Waals surface area (Å²) in [5.41, 5.74) is 3.73. The van der Waals surface area contributed by atoms with E-state index < -0.39 is 0 Å². The molecular formula is C14H18FN3. The van der Waals surface area contributed by atoms with E-state index in [-0.39, 0.29) is 11.9 Å². The van der Waals surface area contributed by atoms with E-state index in [1.165, 1.54) is 6.07 Å². The zero-order valence-corrected chi connectivity index (χ0v) is 11.2. The van der Waals surface area contributed by atoms with Crippen LogP contribution in [0.3, 0.4) is 0 Å². The van der Waals surface area contributed by atoms with Gasteiger partial charge in [0.1, 0.15) is 5.82 Å². The lowest BCUT2D eigenvalue weighted by atomic mass is 10.1. The molecule has 2 rings (SSSR count). The van der Waals surface area contributed by atoms with E-state index in [4.69, 9.17) is 0 Å². The number of rotatable bonds is 3. The van der Waals surface area contributed by atoms with Crippen molar-refractivity contribution in [2.75, 3.05) is 5.32 Å². The number of anilines is 1. The Labute approximate surface area is 107 Å². The number of nitrogens with one attached hydrogen (secondary N) is 1. The van der Waals surface area contributed by atoms with Crippen LogP contribution in [0.1, 0.15) is 29.9 Å². The Morgan fingerprint density at radius 1 is 1.28 bits per heavy atom. The molecule has 0 aliphatic rings. The van der Waals surface area contributed by atoms with Gasteiger partial charge in [0.05, 0.1) is 17.4 Å². The molecule has 96 valence electrons. The van der Waals surface area contributed by atoms with E-state index in [2.05, 4.69) is 10.4 Å². The van der Waals surface area contributed by atoms with Crippen LogP contribution in [0.5, 0.6) is 0 Å². The molecule has 0 aliphatic carbocycles. The SMILES string of the molecule is Cc1nn(C)c(C)c1C(C)Nc1ccccc1F. The molecule has 2 aromatic rings. The first-order valence-corrected chi connectivity index (χ1v) is 6.02. The Morgan fingerprint density at radius 2 is 1.94 bits per heavy atom. The average Bonchev–Trinajstić information content (AvgIpc) is 2.56. The van der Waals surface area contributed by atoms with Crippen LogP contribution in [0.15, 0.2) is 24.3 Å². The molecule has 0 saturated heterocycles. The van der Waals surface area contributed by atoms with Crippen LogP contribution in [0.4, 0.5) is 10.1 Å². The summed E-state index contributed by atoms with van der Waals surface area (Å²) in [6.07, 6.45) is 0. The number of aromatic nitrogens is 2. The molecule has 1 atom stereocenters. The highest BCUT2D eigenvalue weighted by Crippen LogP contribution is 2.25. The number of para-hydroxylation sites is 1. The summed E-state index contributed by atoms with van der Waals surface area (Å²) in [7, 11) is 1.92.